The molecule has 2 N–H and O–H groups in total. The van der Waals surface area contributed by atoms with Crippen molar-refractivity contribution < 1.29 is 8.42 Å². The predicted molar refractivity (Wildman–Crippen MR) is 79.7 cm³/mol. The van der Waals surface area contributed by atoms with Crippen molar-refractivity contribution in [2.24, 2.45) is 0 Å². The smallest absolute Gasteiger partial charge is 0.241 e. The van der Waals surface area contributed by atoms with Gasteiger partial charge in [-0.3, -0.25) is 0 Å². The molecule has 19 heavy (non-hydrogen) atoms. The monoisotopic (exact) mass is 346 g/mol. The lowest BCUT2D eigenvalue weighted by atomic mass is 10.0. The first-order valence-corrected chi connectivity index (χ1v) is 8.70. The largest absolute Gasteiger partial charge is 0.313 e. The summed E-state index contributed by atoms with van der Waals surface area (Å²) in [7, 11) is -3.47. The zero-order valence-electron chi connectivity index (χ0n) is 11.1. The van der Waals surface area contributed by atoms with E-state index in [0.717, 1.165) is 29.4 Å². The Labute approximate surface area is 123 Å². The number of piperidine rings is 1. The van der Waals surface area contributed by atoms with Crippen LogP contribution in [-0.4, -0.2) is 27.0 Å². The summed E-state index contributed by atoms with van der Waals surface area (Å²) in [6, 6.07) is 5.35. The van der Waals surface area contributed by atoms with Gasteiger partial charge in [0.05, 0.1) is 4.90 Å². The lowest BCUT2D eigenvalue weighted by Crippen LogP contribution is -2.51. The van der Waals surface area contributed by atoms with Gasteiger partial charge in [0.15, 0.2) is 0 Å². The fourth-order valence-electron chi connectivity index (χ4n) is 2.35. The van der Waals surface area contributed by atoms with Crippen molar-refractivity contribution in [3.63, 3.8) is 0 Å². The molecule has 1 heterocycles. The average molecular weight is 347 g/mol. The first kappa shape index (κ1) is 15.0. The Morgan fingerprint density at radius 2 is 2.16 bits per heavy atom. The molecule has 2 unspecified atom stereocenters. The number of rotatable bonds is 3. The second-order valence-corrected chi connectivity index (χ2v) is 7.51. The maximum Gasteiger partial charge on any atom is 0.241 e. The summed E-state index contributed by atoms with van der Waals surface area (Å²) in [6.07, 6.45) is 1.87. The quantitative estimate of drug-likeness (QED) is 0.881. The molecule has 0 saturated carbocycles. The van der Waals surface area contributed by atoms with Gasteiger partial charge >= 0.3 is 0 Å². The molecule has 4 nitrogen and oxygen atoms in total. The minimum Gasteiger partial charge on any atom is -0.313 e. The van der Waals surface area contributed by atoms with Crippen LogP contribution in [0, 0.1) is 6.92 Å². The van der Waals surface area contributed by atoms with Gasteiger partial charge in [-0.05, 0) is 50.9 Å². The van der Waals surface area contributed by atoms with Crippen LogP contribution in [0.1, 0.15) is 25.3 Å². The van der Waals surface area contributed by atoms with Gasteiger partial charge in [0, 0.05) is 16.6 Å². The summed E-state index contributed by atoms with van der Waals surface area (Å²) in [4.78, 5) is 0.347. The molecule has 1 saturated heterocycles. The number of sulfonamides is 1. The molecule has 1 aromatic carbocycles. The Kier molecular flexibility index (Phi) is 4.66. The Bertz CT molecular complexity index is 560. The molecule has 0 bridgehead atoms. The number of benzene rings is 1. The van der Waals surface area contributed by atoms with Gasteiger partial charge < -0.3 is 5.32 Å². The second-order valence-electron chi connectivity index (χ2n) is 4.98. The van der Waals surface area contributed by atoms with Crippen molar-refractivity contribution in [2.45, 2.75) is 43.7 Å². The van der Waals surface area contributed by atoms with Crippen molar-refractivity contribution in [3.8, 4) is 0 Å². The van der Waals surface area contributed by atoms with E-state index in [4.69, 9.17) is 0 Å². The number of hydrogen-bond donors (Lipinski definition) is 2. The topological polar surface area (TPSA) is 58.2 Å². The van der Waals surface area contributed by atoms with Gasteiger partial charge in [0.1, 0.15) is 0 Å². The van der Waals surface area contributed by atoms with Crippen LogP contribution >= 0.6 is 15.9 Å². The van der Waals surface area contributed by atoms with Gasteiger partial charge in [0.2, 0.25) is 10.0 Å². The van der Waals surface area contributed by atoms with Gasteiger partial charge in [-0.15, -0.1) is 0 Å². The fourth-order valence-corrected chi connectivity index (χ4v) is 4.46. The normalized spacial score (nSPS) is 24.4. The van der Waals surface area contributed by atoms with E-state index in [2.05, 4.69) is 26.0 Å². The van der Waals surface area contributed by atoms with Crippen LogP contribution in [0.4, 0.5) is 0 Å². The van der Waals surface area contributed by atoms with Crippen molar-refractivity contribution >= 4 is 26.0 Å². The minimum atomic E-state index is -3.47. The molecule has 1 fully saturated rings. The lowest BCUT2D eigenvalue weighted by Gasteiger charge is -2.30. The molecule has 2 rings (SSSR count). The molecule has 1 aliphatic rings. The summed E-state index contributed by atoms with van der Waals surface area (Å²) in [5.74, 6) is 0. The Morgan fingerprint density at radius 1 is 1.42 bits per heavy atom. The van der Waals surface area contributed by atoms with E-state index in [1.54, 1.807) is 19.1 Å². The third kappa shape index (κ3) is 3.37. The number of nitrogens with one attached hydrogen (secondary N) is 2. The van der Waals surface area contributed by atoms with E-state index in [1.165, 1.54) is 0 Å². The van der Waals surface area contributed by atoms with E-state index in [1.807, 2.05) is 13.0 Å². The van der Waals surface area contributed by atoms with Gasteiger partial charge in [0.25, 0.3) is 0 Å². The van der Waals surface area contributed by atoms with Crippen LogP contribution in [0.2, 0.25) is 0 Å². The van der Waals surface area contributed by atoms with E-state index < -0.39 is 10.0 Å². The van der Waals surface area contributed by atoms with Crippen LogP contribution in [-0.2, 0) is 10.0 Å². The Balaban J connectivity index is 2.25. The maximum atomic E-state index is 12.5. The lowest BCUT2D eigenvalue weighted by molar-refractivity contribution is 0.348. The fraction of sp³-hybridized carbons (Fsp3) is 0.538. The summed E-state index contributed by atoms with van der Waals surface area (Å²) in [6.45, 7) is 4.77. The van der Waals surface area contributed by atoms with Crippen LogP contribution in [0.5, 0.6) is 0 Å². The standard InChI is InChI=1S/C13H19BrN2O2S/c1-9-11(14)5-3-7-13(9)19(17,18)16-12-6-4-8-15-10(12)2/h3,5,7,10,12,15-16H,4,6,8H2,1-2H3. The predicted octanol–water partition coefficient (Wildman–Crippen LogP) is 2.18. The summed E-state index contributed by atoms with van der Waals surface area (Å²) in [5, 5.41) is 3.30. The first-order chi connectivity index (χ1) is 8.92. The molecule has 2 atom stereocenters. The molecule has 0 aliphatic carbocycles. The van der Waals surface area contributed by atoms with Crippen molar-refractivity contribution in [1.82, 2.24) is 10.0 Å². The van der Waals surface area contributed by atoms with Crippen LogP contribution in [0.3, 0.4) is 0 Å². The van der Waals surface area contributed by atoms with Crippen LogP contribution in [0.15, 0.2) is 27.6 Å². The highest BCUT2D eigenvalue weighted by molar-refractivity contribution is 9.10. The Hall–Kier alpha value is -0.430. The van der Waals surface area contributed by atoms with Gasteiger partial charge in [-0.2, -0.15) is 0 Å². The van der Waals surface area contributed by atoms with Crippen molar-refractivity contribution in [1.29, 1.82) is 0 Å². The molecule has 1 aliphatic heterocycles. The van der Waals surface area contributed by atoms with E-state index >= 15 is 0 Å². The second kappa shape index (κ2) is 5.91. The molecule has 1 aromatic rings. The molecule has 0 spiro atoms. The summed E-state index contributed by atoms with van der Waals surface area (Å²) >= 11 is 3.37. The zero-order valence-corrected chi connectivity index (χ0v) is 13.5. The molecule has 6 heteroatoms. The summed E-state index contributed by atoms with van der Waals surface area (Å²) in [5.41, 5.74) is 0.742. The molecule has 0 aromatic heterocycles. The molecule has 106 valence electrons. The third-order valence-electron chi connectivity index (χ3n) is 3.58. The van der Waals surface area contributed by atoms with E-state index in [9.17, 15) is 8.42 Å². The summed E-state index contributed by atoms with van der Waals surface area (Å²) < 4.78 is 28.5. The average Bonchev–Trinajstić information content (AvgIpc) is 2.35. The molecule has 0 radical (unpaired) electrons. The highest BCUT2D eigenvalue weighted by Gasteiger charge is 2.27. The number of hydrogen-bond acceptors (Lipinski definition) is 3. The first-order valence-electron chi connectivity index (χ1n) is 6.42. The molecule has 0 amide bonds. The highest BCUT2D eigenvalue weighted by Crippen LogP contribution is 2.24. The van der Waals surface area contributed by atoms with Gasteiger partial charge in [-0.1, -0.05) is 22.0 Å². The number of halogens is 1. The third-order valence-corrected chi connectivity index (χ3v) is 6.07. The van der Waals surface area contributed by atoms with Crippen molar-refractivity contribution in [2.75, 3.05) is 6.54 Å². The van der Waals surface area contributed by atoms with Gasteiger partial charge in [-0.25, -0.2) is 13.1 Å². The van der Waals surface area contributed by atoms with E-state index in [-0.39, 0.29) is 12.1 Å². The molecular weight excluding hydrogens is 328 g/mol. The minimum absolute atomic E-state index is 0.0443. The van der Waals surface area contributed by atoms with E-state index in [0.29, 0.717) is 4.90 Å². The van der Waals surface area contributed by atoms with Crippen LogP contribution < -0.4 is 10.0 Å². The SMILES string of the molecule is Cc1c(Br)cccc1S(=O)(=O)NC1CCCNC1C. The molecular formula is C13H19BrN2O2S. The van der Waals surface area contributed by atoms with Crippen LogP contribution in [0.25, 0.3) is 0 Å². The van der Waals surface area contributed by atoms with Crippen molar-refractivity contribution in [3.05, 3.63) is 28.2 Å². The zero-order chi connectivity index (χ0) is 14.0. The maximum absolute atomic E-state index is 12.5. The highest BCUT2D eigenvalue weighted by atomic mass is 79.9. The Morgan fingerprint density at radius 3 is 2.84 bits per heavy atom.